The molecule has 0 spiro atoms. The van der Waals surface area contributed by atoms with Crippen molar-refractivity contribution >= 4 is 58.0 Å². The van der Waals surface area contributed by atoms with E-state index in [-0.39, 0.29) is 43.1 Å². The maximum atomic E-state index is 13.9. The molecule has 0 radical (unpaired) electrons. The Kier molecular flexibility index (Phi) is 8.23. The third kappa shape index (κ3) is 6.38. The van der Waals surface area contributed by atoms with Crippen LogP contribution in [0.2, 0.25) is 4.34 Å². The molecular formula is C25H19ClF3N3O6S. The van der Waals surface area contributed by atoms with Crippen molar-refractivity contribution in [3.8, 4) is 0 Å². The van der Waals surface area contributed by atoms with Gasteiger partial charge in [0.15, 0.2) is 0 Å². The molecule has 3 amide bonds. The molecule has 3 aromatic rings. The summed E-state index contributed by atoms with van der Waals surface area (Å²) in [6, 6.07) is 9.82. The number of ether oxygens (including phenoxy) is 1. The number of benzene rings is 2. The van der Waals surface area contributed by atoms with Crippen molar-refractivity contribution in [3.05, 3.63) is 80.0 Å². The number of amides is 3. The summed E-state index contributed by atoms with van der Waals surface area (Å²) in [6.07, 6.45) is -4.90. The number of thiophene rings is 1. The first-order chi connectivity index (χ1) is 18.5. The molecule has 4 rings (SSSR count). The van der Waals surface area contributed by atoms with Gasteiger partial charge in [0, 0.05) is 18.7 Å². The van der Waals surface area contributed by atoms with Crippen LogP contribution in [0.3, 0.4) is 0 Å². The Hall–Kier alpha value is -3.94. The number of nitrogens with one attached hydrogen (secondary N) is 2. The molecular weight excluding hydrogens is 563 g/mol. The number of anilines is 2. The lowest BCUT2D eigenvalue weighted by molar-refractivity contribution is -0.137. The molecule has 1 fully saturated rings. The fourth-order valence-corrected chi connectivity index (χ4v) is 4.83. The summed E-state index contributed by atoms with van der Waals surface area (Å²) in [6.45, 7) is -0.608. The van der Waals surface area contributed by atoms with E-state index in [0.29, 0.717) is 15.3 Å². The van der Waals surface area contributed by atoms with Gasteiger partial charge in [-0.05, 0) is 42.0 Å². The van der Waals surface area contributed by atoms with Crippen LogP contribution < -0.4 is 15.5 Å². The zero-order valence-electron chi connectivity index (χ0n) is 19.8. The molecule has 0 atom stereocenters. The highest BCUT2D eigenvalue weighted by molar-refractivity contribution is 7.18. The number of hydrogen-bond donors (Lipinski definition) is 3. The Labute approximate surface area is 228 Å². The molecule has 0 aliphatic carbocycles. The molecule has 1 aromatic heterocycles. The van der Waals surface area contributed by atoms with Crippen molar-refractivity contribution in [2.75, 3.05) is 30.0 Å². The lowest BCUT2D eigenvalue weighted by atomic mass is 10.0. The summed E-state index contributed by atoms with van der Waals surface area (Å²) in [5.41, 5.74) is -2.38. The minimum Gasteiger partial charge on any atom is -0.478 e. The molecule has 14 heteroatoms. The first-order valence-electron chi connectivity index (χ1n) is 11.2. The van der Waals surface area contributed by atoms with Crippen LogP contribution in [0.15, 0.2) is 48.5 Å². The van der Waals surface area contributed by atoms with Crippen LogP contribution in [-0.2, 0) is 22.3 Å². The van der Waals surface area contributed by atoms with E-state index in [1.165, 1.54) is 30.3 Å². The van der Waals surface area contributed by atoms with Gasteiger partial charge in [0.05, 0.1) is 38.3 Å². The van der Waals surface area contributed by atoms with E-state index in [0.717, 1.165) is 28.4 Å². The standard InChI is InChI=1S/C25H19ClF3N3O6S/c26-19-7-6-18(39-19)23(35)30-11-14-2-1-3-15(24(36)37)21(14)31-22(34)13-4-5-17(16(10-13)25(27,28)29)32-8-9-38-12-20(32)33/h1-7,10H,8-9,11-12H2,(H,30,35)(H,31,34)(H,36,37). The molecule has 3 N–H and O–H groups in total. The van der Waals surface area contributed by atoms with E-state index in [2.05, 4.69) is 10.6 Å². The SMILES string of the molecule is O=C(Nc1c(CNC(=O)c2ccc(Cl)s2)cccc1C(=O)O)c1ccc(N2CCOCC2=O)c(C(F)(F)F)c1. The normalized spacial score (nSPS) is 13.7. The van der Waals surface area contributed by atoms with Gasteiger partial charge in [0.2, 0.25) is 0 Å². The minimum absolute atomic E-state index is 0.0517. The number of nitrogens with zero attached hydrogens (tertiary/aromatic N) is 1. The number of carboxylic acids is 1. The average molecular weight is 582 g/mol. The number of rotatable bonds is 7. The Bertz CT molecular complexity index is 1460. The van der Waals surface area contributed by atoms with Gasteiger partial charge in [0.1, 0.15) is 6.61 Å². The molecule has 2 aromatic carbocycles. The van der Waals surface area contributed by atoms with Gasteiger partial charge in [-0.25, -0.2) is 4.79 Å². The topological polar surface area (TPSA) is 125 Å². The number of aromatic carboxylic acids is 1. The van der Waals surface area contributed by atoms with Crippen LogP contribution in [0, 0.1) is 0 Å². The number of carbonyl (C=O) groups is 4. The second-order valence-corrected chi connectivity index (χ2v) is 9.93. The number of para-hydroxylation sites is 1. The fraction of sp³-hybridized carbons (Fsp3) is 0.200. The van der Waals surface area contributed by atoms with Gasteiger partial charge in [-0.2, -0.15) is 13.2 Å². The van der Waals surface area contributed by atoms with Crippen LogP contribution in [0.25, 0.3) is 0 Å². The average Bonchev–Trinajstić information content (AvgIpc) is 3.33. The Morgan fingerprint density at radius 2 is 1.87 bits per heavy atom. The molecule has 204 valence electrons. The second-order valence-electron chi connectivity index (χ2n) is 8.21. The molecule has 1 aliphatic rings. The number of carbonyl (C=O) groups excluding carboxylic acids is 3. The Morgan fingerprint density at radius 1 is 1.10 bits per heavy atom. The van der Waals surface area contributed by atoms with Crippen molar-refractivity contribution in [2.24, 2.45) is 0 Å². The summed E-state index contributed by atoms with van der Waals surface area (Å²) >= 11 is 6.88. The summed E-state index contributed by atoms with van der Waals surface area (Å²) in [5, 5.41) is 14.6. The van der Waals surface area contributed by atoms with Crippen molar-refractivity contribution in [1.82, 2.24) is 5.32 Å². The number of morpholine rings is 1. The lowest BCUT2D eigenvalue weighted by Gasteiger charge is -2.29. The third-order valence-electron chi connectivity index (χ3n) is 5.70. The molecule has 9 nitrogen and oxygen atoms in total. The van der Waals surface area contributed by atoms with Crippen molar-refractivity contribution in [2.45, 2.75) is 12.7 Å². The monoisotopic (exact) mass is 581 g/mol. The molecule has 0 saturated carbocycles. The van der Waals surface area contributed by atoms with E-state index >= 15 is 0 Å². The van der Waals surface area contributed by atoms with E-state index < -0.39 is 46.7 Å². The molecule has 0 unspecified atom stereocenters. The summed E-state index contributed by atoms with van der Waals surface area (Å²) in [4.78, 5) is 50.7. The maximum absolute atomic E-state index is 13.9. The van der Waals surface area contributed by atoms with E-state index in [1.807, 2.05) is 0 Å². The molecule has 1 saturated heterocycles. The van der Waals surface area contributed by atoms with Gasteiger partial charge in [-0.15, -0.1) is 11.3 Å². The Morgan fingerprint density at radius 3 is 2.51 bits per heavy atom. The third-order valence-corrected chi connectivity index (χ3v) is 6.93. The van der Waals surface area contributed by atoms with Gasteiger partial charge < -0.3 is 25.4 Å². The lowest BCUT2D eigenvalue weighted by Crippen LogP contribution is -2.42. The predicted octanol–water partition coefficient (Wildman–Crippen LogP) is 4.66. The smallest absolute Gasteiger partial charge is 0.418 e. The van der Waals surface area contributed by atoms with Crippen molar-refractivity contribution < 1.29 is 42.2 Å². The van der Waals surface area contributed by atoms with Crippen LogP contribution in [0.5, 0.6) is 0 Å². The summed E-state index contributed by atoms with van der Waals surface area (Å²) in [5.74, 6) is -3.57. The van der Waals surface area contributed by atoms with Crippen LogP contribution >= 0.6 is 22.9 Å². The number of halogens is 4. The minimum atomic E-state index is -4.90. The largest absolute Gasteiger partial charge is 0.478 e. The number of alkyl halides is 3. The molecule has 2 heterocycles. The van der Waals surface area contributed by atoms with Gasteiger partial charge in [0.25, 0.3) is 17.7 Å². The van der Waals surface area contributed by atoms with Gasteiger partial charge in [-0.1, -0.05) is 23.7 Å². The molecule has 39 heavy (non-hydrogen) atoms. The highest BCUT2D eigenvalue weighted by Gasteiger charge is 2.37. The highest BCUT2D eigenvalue weighted by atomic mass is 35.5. The van der Waals surface area contributed by atoms with Crippen molar-refractivity contribution in [1.29, 1.82) is 0 Å². The Balaban J connectivity index is 1.63. The van der Waals surface area contributed by atoms with Crippen LogP contribution in [-0.4, -0.2) is 48.6 Å². The number of carboxylic acid groups (broad SMARTS) is 1. The quantitative estimate of drug-likeness (QED) is 0.373. The predicted molar refractivity (Wildman–Crippen MR) is 136 cm³/mol. The first kappa shape index (κ1) is 28.1. The summed E-state index contributed by atoms with van der Waals surface area (Å²) < 4.78 is 47.1. The molecule has 1 aliphatic heterocycles. The fourth-order valence-electron chi connectivity index (χ4n) is 3.87. The maximum Gasteiger partial charge on any atom is 0.418 e. The van der Waals surface area contributed by atoms with E-state index in [1.54, 1.807) is 0 Å². The first-order valence-corrected chi connectivity index (χ1v) is 12.4. The van der Waals surface area contributed by atoms with Crippen molar-refractivity contribution in [3.63, 3.8) is 0 Å². The van der Waals surface area contributed by atoms with Gasteiger partial charge >= 0.3 is 12.1 Å². The zero-order valence-corrected chi connectivity index (χ0v) is 21.4. The zero-order chi connectivity index (χ0) is 28.3. The van der Waals surface area contributed by atoms with Gasteiger partial charge in [-0.3, -0.25) is 14.4 Å². The molecule has 0 bridgehead atoms. The van der Waals surface area contributed by atoms with E-state index in [4.69, 9.17) is 16.3 Å². The number of hydrogen-bond acceptors (Lipinski definition) is 6. The van der Waals surface area contributed by atoms with Crippen LogP contribution in [0.4, 0.5) is 24.5 Å². The second kappa shape index (κ2) is 11.4. The summed E-state index contributed by atoms with van der Waals surface area (Å²) in [7, 11) is 0. The highest BCUT2D eigenvalue weighted by Crippen LogP contribution is 2.38. The van der Waals surface area contributed by atoms with Crippen LogP contribution in [0.1, 0.15) is 41.5 Å². The van der Waals surface area contributed by atoms with E-state index in [9.17, 15) is 37.5 Å².